The molecule has 0 spiro atoms. The Labute approximate surface area is 133 Å². The van der Waals surface area contributed by atoms with Gasteiger partial charge in [-0.1, -0.05) is 31.9 Å². The Kier molecular flexibility index (Phi) is 2.83. The Hall–Kier alpha value is -0.750. The van der Waals surface area contributed by atoms with Crippen LogP contribution in [-0.4, -0.2) is 26.5 Å². The number of aromatic nitrogens is 1. The van der Waals surface area contributed by atoms with Gasteiger partial charge in [0.2, 0.25) is 11.8 Å². The van der Waals surface area contributed by atoms with Gasteiger partial charge in [-0.25, -0.2) is 4.90 Å². The van der Waals surface area contributed by atoms with Crippen molar-refractivity contribution in [3.63, 3.8) is 0 Å². The van der Waals surface area contributed by atoms with Gasteiger partial charge in [0, 0.05) is 15.9 Å². The predicted molar refractivity (Wildman–Crippen MR) is 80.7 cm³/mol. The third-order valence-electron chi connectivity index (χ3n) is 4.89. The van der Waals surface area contributed by atoms with Gasteiger partial charge in [-0.3, -0.25) is 14.6 Å². The highest BCUT2D eigenvalue weighted by molar-refractivity contribution is 9.12. The van der Waals surface area contributed by atoms with E-state index in [0.29, 0.717) is 5.69 Å². The lowest BCUT2D eigenvalue weighted by Crippen LogP contribution is -2.37. The molecule has 1 saturated heterocycles. The molecule has 1 aromatic rings. The van der Waals surface area contributed by atoms with E-state index in [9.17, 15) is 9.59 Å². The van der Waals surface area contributed by atoms with Crippen LogP contribution in [-0.2, 0) is 9.59 Å². The number of alkyl halides is 2. The zero-order chi connectivity index (χ0) is 14.0. The molecule has 0 aromatic carbocycles. The smallest absolute Gasteiger partial charge is 0.238 e. The van der Waals surface area contributed by atoms with Crippen LogP contribution in [0.1, 0.15) is 6.42 Å². The molecule has 104 valence electrons. The monoisotopic (exact) mass is 398 g/mol. The van der Waals surface area contributed by atoms with Gasteiger partial charge in [0.1, 0.15) is 0 Å². The predicted octanol–water partition coefficient (Wildman–Crippen LogP) is 2.36. The van der Waals surface area contributed by atoms with Crippen LogP contribution in [0.25, 0.3) is 0 Å². The second-order valence-electron chi connectivity index (χ2n) is 5.73. The Balaban J connectivity index is 1.75. The third kappa shape index (κ3) is 1.49. The number of hydrogen-bond donors (Lipinski definition) is 0. The van der Waals surface area contributed by atoms with Gasteiger partial charge in [0.15, 0.2) is 0 Å². The molecule has 6 atom stereocenters. The fourth-order valence-electron chi connectivity index (χ4n) is 4.09. The summed E-state index contributed by atoms with van der Waals surface area (Å²) in [6.45, 7) is 0. The van der Waals surface area contributed by atoms with E-state index in [1.165, 1.54) is 4.90 Å². The number of amides is 2. The Morgan fingerprint density at radius 1 is 1.10 bits per heavy atom. The Morgan fingerprint density at radius 3 is 2.20 bits per heavy atom. The van der Waals surface area contributed by atoms with Gasteiger partial charge in [0.25, 0.3) is 0 Å². The van der Waals surface area contributed by atoms with E-state index in [1.54, 1.807) is 24.5 Å². The van der Waals surface area contributed by atoms with Crippen molar-refractivity contribution in [1.29, 1.82) is 0 Å². The molecule has 3 aliphatic rings. The van der Waals surface area contributed by atoms with E-state index in [2.05, 4.69) is 36.8 Å². The average Bonchev–Trinajstić information content (AvgIpc) is 3.05. The van der Waals surface area contributed by atoms with Crippen molar-refractivity contribution < 1.29 is 9.59 Å². The normalized spacial score (nSPS) is 42.4. The lowest BCUT2D eigenvalue weighted by atomic mass is 9.81. The van der Waals surface area contributed by atoms with E-state index in [0.717, 1.165) is 6.42 Å². The molecule has 6 heteroatoms. The summed E-state index contributed by atoms with van der Waals surface area (Å²) < 4.78 is 0. The summed E-state index contributed by atoms with van der Waals surface area (Å²) in [6, 6.07) is 3.52. The van der Waals surface area contributed by atoms with Crippen molar-refractivity contribution in [1.82, 2.24) is 4.98 Å². The Bertz CT molecular complexity index is 562. The number of imide groups is 1. The molecule has 1 aliphatic heterocycles. The van der Waals surface area contributed by atoms with Crippen LogP contribution < -0.4 is 4.90 Å². The third-order valence-corrected chi connectivity index (χ3v) is 8.10. The molecule has 0 unspecified atom stereocenters. The average molecular weight is 400 g/mol. The topological polar surface area (TPSA) is 50.3 Å². The number of pyridine rings is 1. The molecule has 2 aliphatic carbocycles. The lowest BCUT2D eigenvalue weighted by Gasteiger charge is -2.28. The number of fused-ring (bicyclic) bond motifs is 5. The van der Waals surface area contributed by atoms with Crippen LogP contribution in [0.15, 0.2) is 24.5 Å². The van der Waals surface area contributed by atoms with E-state index in [4.69, 9.17) is 0 Å². The first-order valence-corrected chi connectivity index (χ1v) is 8.50. The summed E-state index contributed by atoms with van der Waals surface area (Å²) in [5.74, 6) is 0.0884. The number of rotatable bonds is 1. The molecule has 4 nitrogen and oxygen atoms in total. The maximum atomic E-state index is 12.7. The van der Waals surface area contributed by atoms with Gasteiger partial charge in [-0.05, 0) is 30.4 Å². The molecule has 2 saturated carbocycles. The zero-order valence-electron chi connectivity index (χ0n) is 10.4. The van der Waals surface area contributed by atoms with Gasteiger partial charge < -0.3 is 0 Å². The number of halogens is 2. The van der Waals surface area contributed by atoms with Crippen molar-refractivity contribution in [2.24, 2.45) is 23.7 Å². The summed E-state index contributed by atoms with van der Waals surface area (Å²) in [6.07, 6.45) is 4.18. The van der Waals surface area contributed by atoms with E-state index in [1.807, 2.05) is 0 Å². The molecule has 2 amide bonds. The van der Waals surface area contributed by atoms with Crippen molar-refractivity contribution in [3.8, 4) is 0 Å². The van der Waals surface area contributed by atoms with Crippen molar-refractivity contribution in [2.75, 3.05) is 4.90 Å². The molecule has 4 rings (SSSR count). The second kappa shape index (κ2) is 4.37. The van der Waals surface area contributed by atoms with Crippen LogP contribution in [0.2, 0.25) is 0 Å². The van der Waals surface area contributed by atoms with Crippen molar-refractivity contribution >= 4 is 49.4 Å². The van der Waals surface area contributed by atoms with Crippen molar-refractivity contribution in [3.05, 3.63) is 24.5 Å². The summed E-state index contributed by atoms with van der Waals surface area (Å²) >= 11 is 7.36. The van der Waals surface area contributed by atoms with Crippen LogP contribution in [0.5, 0.6) is 0 Å². The lowest BCUT2D eigenvalue weighted by molar-refractivity contribution is -0.123. The molecular formula is C14H12Br2N2O2. The highest BCUT2D eigenvalue weighted by Gasteiger charge is 2.66. The number of carbonyl (C=O) groups is 2. The van der Waals surface area contributed by atoms with Crippen LogP contribution in [0.4, 0.5) is 5.69 Å². The van der Waals surface area contributed by atoms with Gasteiger partial charge >= 0.3 is 0 Å². The number of nitrogens with zero attached hydrogens (tertiary/aromatic N) is 2. The fourth-order valence-corrected chi connectivity index (χ4v) is 5.96. The van der Waals surface area contributed by atoms with E-state index in [-0.39, 0.29) is 45.1 Å². The summed E-state index contributed by atoms with van der Waals surface area (Å²) in [5.41, 5.74) is 0.591. The number of hydrogen-bond acceptors (Lipinski definition) is 3. The van der Waals surface area contributed by atoms with Crippen LogP contribution in [0.3, 0.4) is 0 Å². The second-order valence-corrected chi connectivity index (χ2v) is 7.84. The molecule has 0 radical (unpaired) electrons. The molecule has 20 heavy (non-hydrogen) atoms. The zero-order valence-corrected chi connectivity index (χ0v) is 13.6. The molecule has 3 fully saturated rings. The molecule has 0 N–H and O–H groups in total. The molecular weight excluding hydrogens is 388 g/mol. The summed E-state index contributed by atoms with van der Waals surface area (Å²) in [5, 5.41) is 0. The van der Waals surface area contributed by atoms with Crippen molar-refractivity contribution in [2.45, 2.75) is 16.1 Å². The minimum absolute atomic E-state index is 0.0515. The minimum Gasteiger partial charge on any atom is -0.274 e. The van der Waals surface area contributed by atoms with E-state index < -0.39 is 0 Å². The fraction of sp³-hybridized carbons (Fsp3) is 0.500. The first kappa shape index (κ1) is 13.0. The molecule has 2 heterocycles. The van der Waals surface area contributed by atoms with Gasteiger partial charge in [0.05, 0.1) is 23.7 Å². The molecule has 1 aromatic heterocycles. The highest BCUT2D eigenvalue weighted by atomic mass is 79.9. The van der Waals surface area contributed by atoms with Crippen LogP contribution >= 0.6 is 31.9 Å². The number of carbonyl (C=O) groups excluding carboxylic acids is 2. The summed E-state index contributed by atoms with van der Waals surface area (Å²) in [7, 11) is 0. The number of anilines is 1. The van der Waals surface area contributed by atoms with Crippen LogP contribution in [0, 0.1) is 23.7 Å². The Morgan fingerprint density at radius 2 is 1.70 bits per heavy atom. The van der Waals surface area contributed by atoms with E-state index >= 15 is 0 Å². The SMILES string of the molecule is O=C1[C@@H]2[C@@H]3C[C@@H]([C@H](Br)[C@@H]3Br)[C@@H]2C(=O)N1c1cccnc1. The highest BCUT2D eigenvalue weighted by Crippen LogP contribution is 2.60. The first-order valence-electron chi connectivity index (χ1n) is 6.67. The van der Waals surface area contributed by atoms with Gasteiger partial charge in [-0.2, -0.15) is 0 Å². The quantitative estimate of drug-likeness (QED) is 0.538. The largest absolute Gasteiger partial charge is 0.274 e. The minimum atomic E-state index is -0.161. The van der Waals surface area contributed by atoms with Gasteiger partial charge in [-0.15, -0.1) is 0 Å². The first-order chi connectivity index (χ1) is 9.61. The maximum Gasteiger partial charge on any atom is 0.238 e. The standard InChI is InChI=1S/C14H12Br2N2O2/c15-11-7-4-8(12(11)16)10-9(7)13(19)18(14(10)20)6-2-1-3-17-5-6/h1-3,5,7-12H,4H2/t7-,8+,9+,10-,11+,12-. The maximum absolute atomic E-state index is 12.7. The molecule has 2 bridgehead atoms. The summed E-state index contributed by atoms with van der Waals surface area (Å²) in [4.78, 5) is 31.3.